The molecule has 4 heteroatoms. The van der Waals surface area contributed by atoms with Crippen LogP contribution in [-0.2, 0) is 0 Å². The van der Waals surface area contributed by atoms with Crippen LogP contribution in [-0.4, -0.2) is 10.2 Å². The van der Waals surface area contributed by atoms with Gasteiger partial charge in [-0.25, -0.2) is 0 Å². The van der Waals surface area contributed by atoms with Crippen molar-refractivity contribution in [3.05, 3.63) is 16.4 Å². The summed E-state index contributed by atoms with van der Waals surface area (Å²) in [6.45, 7) is 3.95. The monoisotopic (exact) mass is 169 g/mol. The first kappa shape index (κ1) is 8.09. The Bertz CT molecular complexity index is 295. The van der Waals surface area contributed by atoms with E-state index in [9.17, 15) is 0 Å². The zero-order valence-corrected chi connectivity index (χ0v) is 7.11. The highest BCUT2D eigenvalue weighted by Gasteiger charge is 2.12. The summed E-state index contributed by atoms with van der Waals surface area (Å²) in [6.07, 6.45) is 0. The average Bonchev–Trinajstić information content (AvgIpc) is 2.30. The fourth-order valence-corrected chi connectivity index (χ4v) is 1.04. The Morgan fingerprint density at radius 1 is 1.64 bits per heavy atom. The maximum atomic E-state index is 8.64. The van der Waals surface area contributed by atoms with E-state index in [1.165, 1.54) is 0 Å². The SMILES string of the molecule is CC(C)c1[nH]nc(Cl)c1C#N. The minimum absolute atomic E-state index is 0.254. The highest BCUT2D eigenvalue weighted by molar-refractivity contribution is 6.30. The van der Waals surface area contributed by atoms with E-state index in [2.05, 4.69) is 10.2 Å². The smallest absolute Gasteiger partial charge is 0.168 e. The highest BCUT2D eigenvalue weighted by atomic mass is 35.5. The first-order valence-corrected chi connectivity index (χ1v) is 3.68. The molecule has 1 heterocycles. The molecular formula is C7H8ClN3. The van der Waals surface area contributed by atoms with Crippen LogP contribution in [0, 0.1) is 11.3 Å². The minimum Gasteiger partial charge on any atom is -0.279 e. The summed E-state index contributed by atoms with van der Waals surface area (Å²) >= 11 is 5.62. The quantitative estimate of drug-likeness (QED) is 0.700. The second kappa shape index (κ2) is 2.93. The molecule has 1 aromatic rings. The van der Waals surface area contributed by atoms with Gasteiger partial charge in [0.15, 0.2) is 5.15 Å². The molecule has 11 heavy (non-hydrogen) atoms. The summed E-state index contributed by atoms with van der Waals surface area (Å²) in [5.41, 5.74) is 1.26. The lowest BCUT2D eigenvalue weighted by Gasteiger charge is -1.98. The fourth-order valence-electron chi connectivity index (χ4n) is 0.856. The summed E-state index contributed by atoms with van der Waals surface area (Å²) in [5, 5.41) is 15.3. The summed E-state index contributed by atoms with van der Waals surface area (Å²) in [6, 6.07) is 2.00. The Hall–Kier alpha value is -1.01. The molecular weight excluding hydrogens is 162 g/mol. The van der Waals surface area contributed by atoms with Crippen LogP contribution in [0.1, 0.15) is 31.0 Å². The third-order valence-corrected chi connectivity index (χ3v) is 1.71. The largest absolute Gasteiger partial charge is 0.279 e. The normalized spacial score (nSPS) is 10.1. The summed E-state index contributed by atoms with van der Waals surface area (Å²) in [7, 11) is 0. The molecule has 0 aliphatic heterocycles. The van der Waals surface area contributed by atoms with Gasteiger partial charge in [0.05, 0.1) is 5.69 Å². The first-order chi connectivity index (χ1) is 5.16. The van der Waals surface area contributed by atoms with Gasteiger partial charge in [0.2, 0.25) is 0 Å². The van der Waals surface area contributed by atoms with Crippen molar-refractivity contribution < 1.29 is 0 Å². The Morgan fingerprint density at radius 2 is 2.27 bits per heavy atom. The second-order valence-corrected chi connectivity index (χ2v) is 2.93. The number of nitrogens with one attached hydrogen (secondary N) is 1. The van der Waals surface area contributed by atoms with E-state index in [1.54, 1.807) is 0 Å². The lowest BCUT2D eigenvalue weighted by molar-refractivity contribution is 0.808. The Morgan fingerprint density at radius 3 is 2.64 bits per heavy atom. The number of aromatic amines is 1. The third kappa shape index (κ3) is 1.36. The maximum absolute atomic E-state index is 8.64. The second-order valence-electron chi connectivity index (χ2n) is 2.57. The molecule has 0 aliphatic carbocycles. The van der Waals surface area contributed by atoms with Crippen LogP contribution in [0.4, 0.5) is 0 Å². The van der Waals surface area contributed by atoms with E-state index in [4.69, 9.17) is 16.9 Å². The molecule has 0 amide bonds. The molecule has 0 aromatic carbocycles. The fraction of sp³-hybridized carbons (Fsp3) is 0.429. The van der Waals surface area contributed by atoms with Gasteiger partial charge in [-0.15, -0.1) is 0 Å². The molecule has 1 aromatic heterocycles. The number of hydrogen-bond donors (Lipinski definition) is 1. The molecule has 3 nitrogen and oxygen atoms in total. The molecule has 1 N–H and O–H groups in total. The molecule has 0 aliphatic rings. The molecule has 0 saturated heterocycles. The van der Waals surface area contributed by atoms with Crippen LogP contribution in [0.25, 0.3) is 0 Å². The number of hydrogen-bond acceptors (Lipinski definition) is 2. The van der Waals surface area contributed by atoms with Crippen LogP contribution in [0.5, 0.6) is 0 Å². The van der Waals surface area contributed by atoms with Gasteiger partial charge in [-0.1, -0.05) is 25.4 Å². The highest BCUT2D eigenvalue weighted by Crippen LogP contribution is 2.21. The minimum atomic E-state index is 0.254. The van der Waals surface area contributed by atoms with Crippen molar-refractivity contribution in [2.45, 2.75) is 19.8 Å². The zero-order valence-electron chi connectivity index (χ0n) is 6.35. The van der Waals surface area contributed by atoms with Crippen LogP contribution < -0.4 is 0 Å². The van der Waals surface area contributed by atoms with Crippen molar-refractivity contribution in [3.8, 4) is 6.07 Å². The van der Waals surface area contributed by atoms with Gasteiger partial charge in [-0.2, -0.15) is 10.4 Å². The van der Waals surface area contributed by atoms with E-state index in [-0.39, 0.29) is 11.1 Å². The molecule has 0 unspecified atom stereocenters. The number of rotatable bonds is 1. The van der Waals surface area contributed by atoms with E-state index in [0.29, 0.717) is 5.56 Å². The van der Waals surface area contributed by atoms with E-state index in [1.807, 2.05) is 19.9 Å². The zero-order chi connectivity index (χ0) is 8.43. The molecule has 0 fully saturated rings. The summed E-state index contributed by atoms with van der Waals surface area (Å²) in [4.78, 5) is 0. The number of aromatic nitrogens is 2. The number of H-pyrrole nitrogens is 1. The van der Waals surface area contributed by atoms with Gasteiger partial charge in [-0.3, -0.25) is 5.10 Å². The van der Waals surface area contributed by atoms with Crippen molar-refractivity contribution in [1.82, 2.24) is 10.2 Å². The van der Waals surface area contributed by atoms with Crippen molar-refractivity contribution in [2.24, 2.45) is 0 Å². The van der Waals surface area contributed by atoms with E-state index >= 15 is 0 Å². The van der Waals surface area contributed by atoms with E-state index < -0.39 is 0 Å². The molecule has 0 radical (unpaired) electrons. The lowest BCUT2D eigenvalue weighted by atomic mass is 10.1. The van der Waals surface area contributed by atoms with Crippen LogP contribution in [0.15, 0.2) is 0 Å². The molecule has 1 rings (SSSR count). The molecule has 0 atom stereocenters. The number of halogens is 1. The van der Waals surface area contributed by atoms with Gasteiger partial charge in [0, 0.05) is 0 Å². The molecule has 0 bridgehead atoms. The Kier molecular flexibility index (Phi) is 2.16. The predicted molar refractivity (Wildman–Crippen MR) is 42.4 cm³/mol. The van der Waals surface area contributed by atoms with Gasteiger partial charge in [0.1, 0.15) is 11.6 Å². The molecule has 58 valence electrons. The van der Waals surface area contributed by atoms with Crippen molar-refractivity contribution in [2.75, 3.05) is 0 Å². The van der Waals surface area contributed by atoms with Crippen LogP contribution in [0.3, 0.4) is 0 Å². The third-order valence-electron chi connectivity index (χ3n) is 1.44. The Balaban J connectivity index is 3.19. The maximum Gasteiger partial charge on any atom is 0.168 e. The van der Waals surface area contributed by atoms with Gasteiger partial charge >= 0.3 is 0 Å². The number of nitrogens with zero attached hydrogens (tertiary/aromatic N) is 2. The van der Waals surface area contributed by atoms with E-state index in [0.717, 1.165) is 5.69 Å². The van der Waals surface area contributed by atoms with Crippen molar-refractivity contribution >= 4 is 11.6 Å². The van der Waals surface area contributed by atoms with Crippen molar-refractivity contribution in [1.29, 1.82) is 5.26 Å². The number of nitriles is 1. The van der Waals surface area contributed by atoms with Crippen LogP contribution >= 0.6 is 11.6 Å². The van der Waals surface area contributed by atoms with Gasteiger partial charge in [0.25, 0.3) is 0 Å². The van der Waals surface area contributed by atoms with Crippen LogP contribution in [0.2, 0.25) is 5.15 Å². The van der Waals surface area contributed by atoms with Gasteiger partial charge in [-0.05, 0) is 5.92 Å². The first-order valence-electron chi connectivity index (χ1n) is 3.30. The van der Waals surface area contributed by atoms with Gasteiger partial charge < -0.3 is 0 Å². The lowest BCUT2D eigenvalue weighted by Crippen LogP contribution is -1.90. The summed E-state index contributed by atoms with van der Waals surface area (Å²) in [5.74, 6) is 0.254. The predicted octanol–water partition coefficient (Wildman–Crippen LogP) is 2.06. The standard InChI is InChI=1S/C7H8ClN3/c1-4(2)6-5(3-9)7(8)11-10-6/h4H,1-2H3,(H,10,11). The Labute approximate surface area is 70.0 Å². The van der Waals surface area contributed by atoms with Crippen molar-refractivity contribution in [3.63, 3.8) is 0 Å². The molecule has 0 spiro atoms. The average molecular weight is 170 g/mol. The topological polar surface area (TPSA) is 52.5 Å². The molecule has 0 saturated carbocycles. The summed E-state index contributed by atoms with van der Waals surface area (Å²) < 4.78 is 0.